The summed E-state index contributed by atoms with van der Waals surface area (Å²) in [6.45, 7) is 0. The van der Waals surface area contributed by atoms with E-state index in [1.54, 1.807) is 18.2 Å². The van der Waals surface area contributed by atoms with Crippen LogP contribution < -0.4 is 0 Å². The molecule has 0 saturated heterocycles. The predicted octanol–water partition coefficient (Wildman–Crippen LogP) is 2.92. The molecule has 2 rings (SSSR count). The van der Waals surface area contributed by atoms with Gasteiger partial charge in [0.2, 0.25) is 0 Å². The largest absolute Gasteiger partial charge is 0.504 e. The van der Waals surface area contributed by atoms with Crippen LogP contribution in [-0.2, 0) is 4.74 Å². The first-order valence-corrected chi connectivity index (χ1v) is 5.99. The average Bonchev–Trinajstić information content (AvgIpc) is 2.90. The van der Waals surface area contributed by atoms with Crippen molar-refractivity contribution in [2.45, 2.75) is 0 Å². The van der Waals surface area contributed by atoms with Crippen LogP contribution in [0, 0.1) is 17.1 Å². The average molecular weight is 277 g/mol. The van der Waals surface area contributed by atoms with E-state index in [0.29, 0.717) is 15.3 Å². The highest BCUT2D eigenvalue weighted by Gasteiger charge is 2.14. The Balaban J connectivity index is 2.48. The number of phenolic OH excluding ortho intramolecular Hbond substituents is 1. The molecule has 2 aromatic rings. The van der Waals surface area contributed by atoms with Crippen LogP contribution in [0.2, 0.25) is 0 Å². The van der Waals surface area contributed by atoms with Gasteiger partial charge in [-0.25, -0.2) is 9.18 Å². The number of hydrogen-bond donors (Lipinski definition) is 1. The Morgan fingerprint density at radius 1 is 1.47 bits per heavy atom. The van der Waals surface area contributed by atoms with Crippen LogP contribution in [0.25, 0.3) is 10.4 Å². The third-order valence-corrected chi connectivity index (χ3v) is 3.58. The number of rotatable bonds is 2. The highest BCUT2D eigenvalue weighted by atomic mass is 32.1. The van der Waals surface area contributed by atoms with Crippen molar-refractivity contribution in [3.63, 3.8) is 0 Å². The van der Waals surface area contributed by atoms with Gasteiger partial charge in [-0.3, -0.25) is 0 Å². The number of nitrogens with zero attached hydrogens (tertiary/aromatic N) is 1. The zero-order valence-corrected chi connectivity index (χ0v) is 10.6. The fourth-order valence-corrected chi connectivity index (χ4v) is 2.44. The number of phenols is 1. The first-order chi connectivity index (χ1) is 9.06. The molecular weight excluding hydrogens is 269 g/mol. The maximum Gasteiger partial charge on any atom is 0.348 e. The lowest BCUT2D eigenvalue weighted by atomic mass is 10.1. The van der Waals surface area contributed by atoms with Gasteiger partial charge in [-0.15, -0.1) is 11.3 Å². The molecule has 0 spiro atoms. The molecule has 1 N–H and O–H groups in total. The maximum atomic E-state index is 13.5. The summed E-state index contributed by atoms with van der Waals surface area (Å²) in [6.07, 6.45) is 0. The summed E-state index contributed by atoms with van der Waals surface area (Å²) in [6, 6.07) is 7.38. The van der Waals surface area contributed by atoms with Gasteiger partial charge in [-0.1, -0.05) is 0 Å². The number of aromatic hydroxyl groups is 1. The minimum absolute atomic E-state index is 0.150. The Hall–Kier alpha value is -2.39. The van der Waals surface area contributed by atoms with Crippen molar-refractivity contribution in [2.75, 3.05) is 7.11 Å². The lowest BCUT2D eigenvalue weighted by Gasteiger charge is -2.02. The van der Waals surface area contributed by atoms with Gasteiger partial charge in [0.15, 0.2) is 11.6 Å². The van der Waals surface area contributed by atoms with Crippen molar-refractivity contribution in [3.8, 4) is 22.3 Å². The topological polar surface area (TPSA) is 70.3 Å². The number of esters is 1. The molecule has 1 aromatic heterocycles. The number of halogens is 1. The molecule has 0 saturated carbocycles. The molecular formula is C13H8FNO3S. The van der Waals surface area contributed by atoms with Gasteiger partial charge in [-0.05, 0) is 29.8 Å². The Kier molecular flexibility index (Phi) is 3.49. The number of thiophene rings is 1. The molecule has 19 heavy (non-hydrogen) atoms. The van der Waals surface area contributed by atoms with Crippen LogP contribution in [0.15, 0.2) is 24.3 Å². The van der Waals surface area contributed by atoms with E-state index in [9.17, 15) is 14.3 Å². The predicted molar refractivity (Wildman–Crippen MR) is 67.4 cm³/mol. The van der Waals surface area contributed by atoms with E-state index in [2.05, 4.69) is 4.74 Å². The van der Waals surface area contributed by atoms with E-state index in [1.807, 2.05) is 0 Å². The summed E-state index contributed by atoms with van der Waals surface area (Å²) in [7, 11) is 1.27. The van der Waals surface area contributed by atoms with Crippen LogP contribution in [0.4, 0.5) is 4.39 Å². The highest BCUT2D eigenvalue weighted by Crippen LogP contribution is 2.33. The summed E-state index contributed by atoms with van der Waals surface area (Å²) in [5, 5.41) is 18.1. The lowest BCUT2D eigenvalue weighted by Crippen LogP contribution is -1.96. The van der Waals surface area contributed by atoms with Gasteiger partial charge in [0.1, 0.15) is 10.9 Å². The minimum atomic E-state index is -0.873. The van der Waals surface area contributed by atoms with Crippen molar-refractivity contribution in [3.05, 3.63) is 40.5 Å². The summed E-state index contributed by atoms with van der Waals surface area (Å²) < 4.78 is 18.0. The van der Waals surface area contributed by atoms with Crippen molar-refractivity contribution in [2.24, 2.45) is 0 Å². The van der Waals surface area contributed by atoms with Crippen molar-refractivity contribution in [1.29, 1.82) is 5.26 Å². The van der Waals surface area contributed by atoms with E-state index in [-0.39, 0.29) is 5.56 Å². The Morgan fingerprint density at radius 2 is 2.21 bits per heavy atom. The SMILES string of the molecule is COC(=O)c1ccc(-c2cc(F)c(O)c(C#N)c2)s1. The molecule has 0 bridgehead atoms. The second-order valence-electron chi connectivity index (χ2n) is 3.62. The molecule has 0 fully saturated rings. The molecule has 1 heterocycles. The van der Waals surface area contributed by atoms with Crippen LogP contribution in [0.5, 0.6) is 5.75 Å². The third kappa shape index (κ3) is 2.41. The Labute approximate surface area is 112 Å². The number of carbonyl (C=O) groups excluding carboxylic acids is 1. The fourth-order valence-electron chi connectivity index (χ4n) is 1.53. The van der Waals surface area contributed by atoms with E-state index >= 15 is 0 Å². The van der Waals surface area contributed by atoms with Crippen LogP contribution >= 0.6 is 11.3 Å². The van der Waals surface area contributed by atoms with Crippen LogP contribution in [0.1, 0.15) is 15.2 Å². The lowest BCUT2D eigenvalue weighted by molar-refractivity contribution is 0.0606. The van der Waals surface area contributed by atoms with Crippen molar-refractivity contribution in [1.82, 2.24) is 0 Å². The summed E-state index contributed by atoms with van der Waals surface area (Å²) in [5.41, 5.74) is 0.273. The molecule has 0 aliphatic heterocycles. The molecule has 0 atom stereocenters. The molecule has 4 nitrogen and oxygen atoms in total. The standard InChI is InChI=1S/C13H8FNO3S/c1-18-13(17)11-3-2-10(19-11)7-4-8(6-15)12(16)9(14)5-7/h2-5,16H,1H3. The van der Waals surface area contributed by atoms with E-state index in [4.69, 9.17) is 5.26 Å². The summed E-state index contributed by atoms with van der Waals surface area (Å²) in [4.78, 5) is 12.3. The van der Waals surface area contributed by atoms with Crippen LogP contribution in [0.3, 0.4) is 0 Å². The number of methoxy groups -OCH3 is 1. The normalized spacial score (nSPS) is 9.95. The molecule has 96 valence electrons. The molecule has 0 amide bonds. The number of benzene rings is 1. The van der Waals surface area contributed by atoms with Gasteiger partial charge in [0, 0.05) is 4.88 Å². The van der Waals surface area contributed by atoms with E-state index in [0.717, 1.165) is 17.4 Å². The first kappa shape index (κ1) is 13.1. The summed E-state index contributed by atoms with van der Waals surface area (Å²) in [5.74, 6) is -2.02. The maximum absolute atomic E-state index is 13.5. The molecule has 0 aliphatic rings. The van der Waals surface area contributed by atoms with Crippen molar-refractivity contribution >= 4 is 17.3 Å². The third-order valence-electron chi connectivity index (χ3n) is 2.46. The Morgan fingerprint density at radius 3 is 2.84 bits per heavy atom. The molecule has 0 unspecified atom stereocenters. The molecule has 0 aliphatic carbocycles. The minimum Gasteiger partial charge on any atom is -0.504 e. The molecule has 1 aromatic carbocycles. The monoisotopic (exact) mass is 277 g/mol. The summed E-state index contributed by atoms with van der Waals surface area (Å²) >= 11 is 1.12. The second-order valence-corrected chi connectivity index (χ2v) is 4.71. The highest BCUT2D eigenvalue weighted by molar-refractivity contribution is 7.17. The quantitative estimate of drug-likeness (QED) is 0.857. The number of carbonyl (C=O) groups is 1. The number of nitriles is 1. The smallest absolute Gasteiger partial charge is 0.348 e. The number of ether oxygens (including phenoxy) is 1. The molecule has 6 heteroatoms. The van der Waals surface area contributed by atoms with Crippen molar-refractivity contribution < 1.29 is 19.0 Å². The van der Waals surface area contributed by atoms with Gasteiger partial charge in [0.25, 0.3) is 0 Å². The molecule has 0 radical (unpaired) electrons. The zero-order valence-electron chi connectivity index (χ0n) is 9.81. The second kappa shape index (κ2) is 5.08. The first-order valence-electron chi connectivity index (χ1n) is 5.18. The Bertz CT molecular complexity index is 688. The fraction of sp³-hybridized carbons (Fsp3) is 0.0769. The van der Waals surface area contributed by atoms with Gasteiger partial charge in [-0.2, -0.15) is 5.26 Å². The van der Waals surface area contributed by atoms with E-state index in [1.165, 1.54) is 13.2 Å². The van der Waals surface area contributed by atoms with Gasteiger partial charge in [0.05, 0.1) is 12.7 Å². The van der Waals surface area contributed by atoms with Crippen LogP contribution in [-0.4, -0.2) is 18.2 Å². The van der Waals surface area contributed by atoms with E-state index < -0.39 is 17.5 Å². The van der Waals surface area contributed by atoms with Gasteiger partial charge >= 0.3 is 5.97 Å². The number of hydrogen-bond acceptors (Lipinski definition) is 5. The zero-order chi connectivity index (χ0) is 14.0. The van der Waals surface area contributed by atoms with Gasteiger partial charge < -0.3 is 9.84 Å².